The molecule has 0 aliphatic rings. The van der Waals surface area contributed by atoms with Gasteiger partial charge < -0.3 is 5.11 Å². The normalized spacial score (nSPS) is 13.8. The number of halogens is 2. The lowest BCUT2D eigenvalue weighted by atomic mass is 9.86. The van der Waals surface area contributed by atoms with Crippen LogP contribution in [0, 0.1) is 5.41 Å². The third-order valence-corrected chi connectivity index (χ3v) is 3.61. The van der Waals surface area contributed by atoms with Crippen molar-refractivity contribution in [3.05, 3.63) is 46.5 Å². The summed E-state index contributed by atoms with van der Waals surface area (Å²) in [6, 6.07) is 5.22. The summed E-state index contributed by atoms with van der Waals surface area (Å²) in [5, 5.41) is 15.8. The van der Waals surface area contributed by atoms with Gasteiger partial charge in [-0.2, -0.15) is 13.5 Å². The number of benzene rings is 1. The van der Waals surface area contributed by atoms with Gasteiger partial charge in [0.25, 0.3) is 0 Å². The van der Waals surface area contributed by atoms with Crippen LogP contribution in [-0.4, -0.2) is 43.5 Å². The molecule has 11 heteroatoms. The van der Waals surface area contributed by atoms with E-state index >= 15 is 0 Å². The number of aliphatic hydroxyl groups is 1. The Labute approximate surface area is 161 Å². The Morgan fingerprint density at radius 2 is 1.85 bits per heavy atom. The predicted molar refractivity (Wildman–Crippen MR) is 100 cm³/mol. The minimum absolute atomic E-state index is 0.351. The highest BCUT2D eigenvalue weighted by Gasteiger charge is 2.27. The number of aromatic nitrogens is 3. The number of nitrogens with zero attached hydrogens (tertiary/aromatic N) is 3. The van der Waals surface area contributed by atoms with E-state index in [4.69, 9.17) is 40.7 Å². The Kier molecular flexibility index (Phi) is 7.75. The van der Waals surface area contributed by atoms with Gasteiger partial charge in [-0.3, -0.25) is 9.11 Å². The maximum atomic E-state index is 10.6. The molecule has 2 rings (SSSR count). The van der Waals surface area contributed by atoms with Gasteiger partial charge in [0.2, 0.25) is 0 Å². The van der Waals surface area contributed by atoms with Gasteiger partial charge in [-0.15, -0.1) is 0 Å². The maximum Gasteiger partial charge on any atom is 0.394 e. The zero-order valence-electron chi connectivity index (χ0n) is 14.2. The fraction of sp³-hybridized carbons (Fsp3) is 0.333. The smallest absolute Gasteiger partial charge is 0.386 e. The summed E-state index contributed by atoms with van der Waals surface area (Å²) < 4.78 is 33.1. The Morgan fingerprint density at radius 1 is 1.27 bits per heavy atom. The first-order chi connectivity index (χ1) is 11.8. The summed E-state index contributed by atoms with van der Waals surface area (Å²) in [4.78, 5) is 3.93. The number of hydrogen-bond acceptors (Lipinski definition) is 5. The van der Waals surface area contributed by atoms with E-state index in [2.05, 4.69) is 10.1 Å². The molecule has 1 atom stereocenters. The Hall–Kier alpha value is -1.49. The highest BCUT2D eigenvalue weighted by molar-refractivity contribution is 7.79. The lowest BCUT2D eigenvalue weighted by Gasteiger charge is -2.28. The molecule has 0 amide bonds. The predicted octanol–water partition coefficient (Wildman–Crippen LogP) is 3.34. The molecule has 1 aromatic carbocycles. The standard InChI is InChI=1S/C15H17Cl2N3O.H2O4S/c1-15(2,3)14(21)13(20-9-18-8-19-20)6-10-4-5-11(16)7-12(10)17;1-5(2,3)4/h4-9,14,21H,1-3H3;(H2,1,2,3,4)/b13-6+;. The lowest BCUT2D eigenvalue weighted by molar-refractivity contribution is 0.109. The molecule has 1 unspecified atom stereocenters. The van der Waals surface area contributed by atoms with Gasteiger partial charge >= 0.3 is 10.4 Å². The van der Waals surface area contributed by atoms with Crippen molar-refractivity contribution in [2.45, 2.75) is 26.9 Å². The largest absolute Gasteiger partial charge is 0.394 e. The van der Waals surface area contributed by atoms with Crippen LogP contribution in [0.2, 0.25) is 10.0 Å². The monoisotopic (exact) mass is 423 g/mol. The zero-order chi connectivity index (χ0) is 20.1. The van der Waals surface area contributed by atoms with Crippen molar-refractivity contribution >= 4 is 45.4 Å². The minimum Gasteiger partial charge on any atom is -0.386 e. The van der Waals surface area contributed by atoms with Gasteiger partial charge in [0.05, 0.1) is 5.70 Å². The molecule has 8 nitrogen and oxygen atoms in total. The van der Waals surface area contributed by atoms with Crippen LogP contribution in [0.3, 0.4) is 0 Å². The zero-order valence-corrected chi connectivity index (χ0v) is 16.5. The van der Waals surface area contributed by atoms with E-state index in [1.807, 2.05) is 20.8 Å². The molecule has 0 saturated heterocycles. The van der Waals surface area contributed by atoms with E-state index < -0.39 is 16.5 Å². The first-order valence-electron chi connectivity index (χ1n) is 7.18. The topological polar surface area (TPSA) is 126 Å². The molecular formula is C15H19Cl2N3O5S. The lowest BCUT2D eigenvalue weighted by Crippen LogP contribution is -2.29. The average molecular weight is 424 g/mol. The number of aliphatic hydroxyl groups excluding tert-OH is 1. The molecule has 0 aliphatic carbocycles. The van der Waals surface area contributed by atoms with E-state index in [-0.39, 0.29) is 5.41 Å². The van der Waals surface area contributed by atoms with E-state index in [0.717, 1.165) is 5.56 Å². The van der Waals surface area contributed by atoms with Crippen LogP contribution in [0.15, 0.2) is 30.9 Å². The van der Waals surface area contributed by atoms with Crippen LogP contribution >= 0.6 is 23.2 Å². The van der Waals surface area contributed by atoms with Gasteiger partial charge in [-0.05, 0) is 29.2 Å². The molecule has 0 fully saturated rings. The molecule has 0 bridgehead atoms. The molecule has 144 valence electrons. The van der Waals surface area contributed by atoms with Crippen molar-refractivity contribution in [2.24, 2.45) is 5.41 Å². The first-order valence-corrected chi connectivity index (χ1v) is 9.34. The first kappa shape index (κ1) is 22.6. The maximum absolute atomic E-state index is 10.6. The van der Waals surface area contributed by atoms with Crippen LogP contribution in [-0.2, 0) is 10.4 Å². The van der Waals surface area contributed by atoms with Gasteiger partial charge in [0.1, 0.15) is 18.8 Å². The quantitative estimate of drug-likeness (QED) is 0.646. The highest BCUT2D eigenvalue weighted by atomic mass is 35.5. The number of rotatable bonds is 3. The number of hydrogen-bond donors (Lipinski definition) is 3. The second kappa shape index (κ2) is 8.94. The van der Waals surface area contributed by atoms with Crippen LogP contribution in [0.5, 0.6) is 0 Å². The minimum atomic E-state index is -4.67. The van der Waals surface area contributed by atoms with Crippen LogP contribution in [0.4, 0.5) is 0 Å². The van der Waals surface area contributed by atoms with Gasteiger partial charge in [-0.1, -0.05) is 50.0 Å². The Bertz CT molecular complexity index is 854. The van der Waals surface area contributed by atoms with Crippen molar-refractivity contribution in [3.8, 4) is 0 Å². The fourth-order valence-electron chi connectivity index (χ4n) is 1.83. The Morgan fingerprint density at radius 3 is 2.27 bits per heavy atom. The highest BCUT2D eigenvalue weighted by Crippen LogP contribution is 2.30. The molecule has 0 spiro atoms. The molecule has 0 saturated carbocycles. The molecule has 0 aliphatic heterocycles. The van der Waals surface area contributed by atoms with Crippen molar-refractivity contribution in [1.82, 2.24) is 14.8 Å². The van der Waals surface area contributed by atoms with E-state index in [1.165, 1.54) is 6.33 Å². The fourth-order valence-corrected chi connectivity index (χ4v) is 2.30. The molecule has 3 N–H and O–H groups in total. The van der Waals surface area contributed by atoms with Crippen molar-refractivity contribution < 1.29 is 22.6 Å². The van der Waals surface area contributed by atoms with E-state index in [0.29, 0.717) is 15.7 Å². The van der Waals surface area contributed by atoms with Crippen molar-refractivity contribution in [2.75, 3.05) is 0 Å². The summed E-state index contributed by atoms with van der Waals surface area (Å²) in [5.41, 5.74) is 1.01. The SMILES string of the molecule is CC(C)(C)C(O)/C(=C\c1ccc(Cl)cc1Cl)n1cncn1.O=S(=O)(O)O. The third-order valence-electron chi connectivity index (χ3n) is 3.05. The van der Waals surface area contributed by atoms with Crippen LogP contribution < -0.4 is 0 Å². The Balaban J connectivity index is 0.000000597. The molecular weight excluding hydrogens is 405 g/mol. The summed E-state index contributed by atoms with van der Waals surface area (Å²) >= 11 is 12.1. The van der Waals surface area contributed by atoms with Gasteiger partial charge in [-0.25, -0.2) is 9.67 Å². The second-order valence-corrected chi connectivity index (χ2v) is 8.03. The van der Waals surface area contributed by atoms with E-state index in [9.17, 15) is 5.11 Å². The second-order valence-electron chi connectivity index (χ2n) is 6.29. The molecule has 26 heavy (non-hydrogen) atoms. The molecule has 0 radical (unpaired) electrons. The van der Waals surface area contributed by atoms with Gasteiger partial charge in [0, 0.05) is 10.0 Å². The van der Waals surface area contributed by atoms with Crippen molar-refractivity contribution in [1.29, 1.82) is 0 Å². The summed E-state index contributed by atoms with van der Waals surface area (Å²) in [6.45, 7) is 5.85. The van der Waals surface area contributed by atoms with E-state index in [1.54, 1.807) is 35.3 Å². The third kappa shape index (κ3) is 7.81. The molecule has 1 aromatic heterocycles. The summed E-state index contributed by atoms with van der Waals surface area (Å²) in [5.74, 6) is 0. The molecule has 2 aromatic rings. The van der Waals surface area contributed by atoms with Crippen molar-refractivity contribution in [3.63, 3.8) is 0 Å². The average Bonchev–Trinajstić information content (AvgIpc) is 2.97. The van der Waals surface area contributed by atoms with Gasteiger partial charge in [0.15, 0.2) is 0 Å². The summed E-state index contributed by atoms with van der Waals surface area (Å²) in [6.07, 6.45) is 4.03. The summed E-state index contributed by atoms with van der Waals surface area (Å²) in [7, 11) is -4.67. The van der Waals surface area contributed by atoms with Crippen LogP contribution in [0.1, 0.15) is 26.3 Å². The van der Waals surface area contributed by atoms with Crippen LogP contribution in [0.25, 0.3) is 11.8 Å². The molecule has 1 heterocycles.